The van der Waals surface area contributed by atoms with Crippen LogP contribution >= 0.6 is 23.2 Å². The van der Waals surface area contributed by atoms with E-state index in [2.05, 4.69) is 28.1 Å². The number of amides is 2. The molecule has 0 heterocycles. The van der Waals surface area contributed by atoms with E-state index in [0.29, 0.717) is 22.2 Å². The average Bonchev–Trinajstić information content (AvgIpc) is 2.69. The van der Waals surface area contributed by atoms with Crippen LogP contribution in [0.4, 0.5) is 11.4 Å². The zero-order valence-corrected chi connectivity index (χ0v) is 17.9. The van der Waals surface area contributed by atoms with Gasteiger partial charge in [0.25, 0.3) is 0 Å². The Kier molecular flexibility index (Phi) is 8.96. The lowest BCUT2D eigenvalue weighted by molar-refractivity contribution is -0.139. The van der Waals surface area contributed by atoms with Gasteiger partial charge in [-0.1, -0.05) is 49.0 Å². The molecule has 0 aliphatic heterocycles. The number of halogens is 2. The Bertz CT molecular complexity index is 900. The maximum atomic E-state index is 11.8. The minimum Gasteiger partial charge on any atom is -0.355 e. The van der Waals surface area contributed by atoms with Gasteiger partial charge in [-0.15, -0.1) is 0 Å². The molecule has 0 radical (unpaired) electrons. The molecule has 6 nitrogen and oxygen atoms in total. The van der Waals surface area contributed by atoms with Crippen molar-refractivity contribution in [1.29, 1.82) is 0 Å². The van der Waals surface area contributed by atoms with Gasteiger partial charge in [-0.3, -0.25) is 9.59 Å². The summed E-state index contributed by atoms with van der Waals surface area (Å²) >= 11 is 12.2. The number of anilines is 2. The summed E-state index contributed by atoms with van der Waals surface area (Å²) in [6, 6.07) is 10.8. The van der Waals surface area contributed by atoms with Crippen molar-refractivity contribution in [3.63, 3.8) is 0 Å². The van der Waals surface area contributed by atoms with Crippen molar-refractivity contribution in [1.82, 2.24) is 10.7 Å². The zero-order valence-electron chi connectivity index (χ0n) is 16.4. The first-order valence-electron chi connectivity index (χ1n) is 9.34. The predicted octanol–water partition coefficient (Wildman–Crippen LogP) is 4.80. The van der Waals surface area contributed by atoms with Crippen LogP contribution in [0.1, 0.15) is 37.3 Å². The normalized spacial score (nSPS) is 10.8. The summed E-state index contributed by atoms with van der Waals surface area (Å²) in [5.41, 5.74) is 5.44. The van der Waals surface area contributed by atoms with E-state index in [4.69, 9.17) is 23.2 Å². The van der Waals surface area contributed by atoms with Gasteiger partial charge < -0.3 is 10.6 Å². The Morgan fingerprint density at radius 3 is 2.48 bits per heavy atom. The molecule has 0 saturated carbocycles. The van der Waals surface area contributed by atoms with Crippen LogP contribution in [0.5, 0.6) is 0 Å². The maximum Gasteiger partial charge on any atom is 0.329 e. The second-order valence-corrected chi connectivity index (χ2v) is 7.35. The number of nitrogens with one attached hydrogen (secondary N) is 3. The third-order valence-corrected chi connectivity index (χ3v) is 4.59. The number of nitrogens with zero attached hydrogens (tertiary/aromatic N) is 1. The van der Waals surface area contributed by atoms with E-state index >= 15 is 0 Å². The lowest BCUT2D eigenvalue weighted by Crippen LogP contribution is -2.38. The molecule has 2 rings (SSSR count). The van der Waals surface area contributed by atoms with Crippen molar-refractivity contribution < 1.29 is 9.59 Å². The number of hydrazone groups is 1. The van der Waals surface area contributed by atoms with Gasteiger partial charge in [0.1, 0.15) is 0 Å². The predicted molar refractivity (Wildman–Crippen MR) is 119 cm³/mol. The van der Waals surface area contributed by atoms with Gasteiger partial charge in [0.15, 0.2) is 0 Å². The van der Waals surface area contributed by atoms with Crippen molar-refractivity contribution in [2.24, 2.45) is 5.10 Å². The van der Waals surface area contributed by atoms with E-state index in [1.165, 1.54) is 6.21 Å². The lowest BCUT2D eigenvalue weighted by Gasteiger charge is -2.12. The fourth-order valence-corrected chi connectivity index (χ4v) is 2.85. The molecule has 8 heteroatoms. The summed E-state index contributed by atoms with van der Waals surface area (Å²) in [6.07, 6.45) is 4.30. The molecule has 0 aliphatic carbocycles. The standard InChI is InChI=1S/C21H24Cl2N4O2/c1-3-4-5-10-24-20(28)21(29)27-25-13-15-11-16(22)8-9-18(15)26-19-12-17(23)7-6-14(19)2/h6-9,11-13,26H,3-5,10H2,1-2H3,(H,24,28)(H,27,29)/b25-13-. The number of hydrogen-bond donors (Lipinski definition) is 3. The Labute approximate surface area is 180 Å². The lowest BCUT2D eigenvalue weighted by atomic mass is 10.1. The van der Waals surface area contributed by atoms with E-state index in [1.54, 1.807) is 18.2 Å². The van der Waals surface area contributed by atoms with Crippen molar-refractivity contribution in [2.45, 2.75) is 33.1 Å². The van der Waals surface area contributed by atoms with Crippen LogP contribution in [0.15, 0.2) is 41.5 Å². The molecule has 0 saturated heterocycles. The highest BCUT2D eigenvalue weighted by Crippen LogP contribution is 2.27. The Morgan fingerprint density at radius 2 is 1.72 bits per heavy atom. The fourth-order valence-electron chi connectivity index (χ4n) is 2.50. The molecule has 0 bridgehead atoms. The zero-order chi connectivity index (χ0) is 21.2. The SMILES string of the molecule is CCCCCNC(=O)C(=O)N/N=C\c1cc(Cl)ccc1Nc1cc(Cl)ccc1C. The summed E-state index contributed by atoms with van der Waals surface area (Å²) in [6.45, 7) is 4.49. The van der Waals surface area contributed by atoms with Crippen LogP contribution in [0.25, 0.3) is 0 Å². The smallest absolute Gasteiger partial charge is 0.329 e. The molecule has 29 heavy (non-hydrogen) atoms. The largest absolute Gasteiger partial charge is 0.355 e. The topological polar surface area (TPSA) is 82.6 Å². The van der Waals surface area contributed by atoms with Gasteiger partial charge in [0, 0.05) is 33.5 Å². The molecule has 2 aromatic rings. The molecule has 2 aromatic carbocycles. The van der Waals surface area contributed by atoms with Gasteiger partial charge in [-0.05, 0) is 49.2 Å². The first-order chi connectivity index (χ1) is 13.9. The molecular formula is C21H24Cl2N4O2. The number of unbranched alkanes of at least 4 members (excludes halogenated alkanes) is 2. The summed E-state index contributed by atoms with van der Waals surface area (Å²) in [5.74, 6) is -1.53. The number of hydrogen-bond acceptors (Lipinski definition) is 4. The summed E-state index contributed by atoms with van der Waals surface area (Å²) in [7, 11) is 0. The van der Waals surface area contributed by atoms with E-state index < -0.39 is 11.8 Å². The summed E-state index contributed by atoms with van der Waals surface area (Å²) < 4.78 is 0. The summed E-state index contributed by atoms with van der Waals surface area (Å²) in [4.78, 5) is 23.6. The van der Waals surface area contributed by atoms with Crippen molar-refractivity contribution in [3.8, 4) is 0 Å². The number of carbonyl (C=O) groups excluding carboxylic acids is 2. The third kappa shape index (κ3) is 7.40. The van der Waals surface area contributed by atoms with Crippen molar-refractivity contribution >= 4 is 52.6 Å². The molecule has 0 unspecified atom stereocenters. The molecule has 0 atom stereocenters. The second-order valence-electron chi connectivity index (χ2n) is 6.48. The monoisotopic (exact) mass is 434 g/mol. The van der Waals surface area contributed by atoms with Crippen molar-refractivity contribution in [2.75, 3.05) is 11.9 Å². The van der Waals surface area contributed by atoms with Gasteiger partial charge in [-0.25, -0.2) is 5.43 Å². The molecule has 154 valence electrons. The highest BCUT2D eigenvalue weighted by atomic mass is 35.5. The fraction of sp³-hybridized carbons (Fsp3) is 0.286. The third-order valence-electron chi connectivity index (χ3n) is 4.12. The van der Waals surface area contributed by atoms with Gasteiger partial charge in [-0.2, -0.15) is 5.10 Å². The number of carbonyl (C=O) groups is 2. The molecule has 0 aromatic heterocycles. The van der Waals surface area contributed by atoms with E-state index in [9.17, 15) is 9.59 Å². The molecule has 2 amide bonds. The Morgan fingerprint density at radius 1 is 1.00 bits per heavy atom. The minimum atomic E-state index is -0.819. The average molecular weight is 435 g/mol. The minimum absolute atomic E-state index is 0.463. The van der Waals surface area contributed by atoms with Crippen LogP contribution in [-0.2, 0) is 9.59 Å². The first-order valence-corrected chi connectivity index (χ1v) is 10.1. The van der Waals surface area contributed by atoms with Crippen LogP contribution in [0.3, 0.4) is 0 Å². The Hall–Kier alpha value is -2.57. The number of aryl methyl sites for hydroxylation is 1. The van der Waals surface area contributed by atoms with Crippen LogP contribution in [0.2, 0.25) is 10.0 Å². The van der Waals surface area contributed by atoms with Crippen LogP contribution < -0.4 is 16.1 Å². The second kappa shape index (κ2) is 11.4. The number of rotatable bonds is 8. The van der Waals surface area contributed by atoms with E-state index in [1.807, 2.05) is 25.1 Å². The summed E-state index contributed by atoms with van der Waals surface area (Å²) in [5, 5.41) is 10.8. The van der Waals surface area contributed by atoms with Gasteiger partial charge in [0.05, 0.1) is 6.21 Å². The molecular weight excluding hydrogens is 411 g/mol. The maximum absolute atomic E-state index is 11.8. The van der Waals surface area contributed by atoms with Crippen molar-refractivity contribution in [3.05, 3.63) is 57.6 Å². The molecule has 0 aliphatic rings. The first kappa shape index (κ1) is 22.7. The van der Waals surface area contributed by atoms with Crippen LogP contribution in [0, 0.1) is 6.92 Å². The van der Waals surface area contributed by atoms with Gasteiger partial charge >= 0.3 is 11.8 Å². The Balaban J connectivity index is 2.04. The van der Waals surface area contributed by atoms with Gasteiger partial charge in [0.2, 0.25) is 0 Å². The quantitative estimate of drug-likeness (QED) is 0.241. The number of benzene rings is 2. The molecule has 0 fully saturated rings. The molecule has 3 N–H and O–H groups in total. The van der Waals surface area contributed by atoms with E-state index in [0.717, 1.165) is 36.2 Å². The highest BCUT2D eigenvalue weighted by molar-refractivity contribution is 6.35. The molecule has 0 spiro atoms. The van der Waals surface area contributed by atoms with E-state index in [-0.39, 0.29) is 0 Å². The van der Waals surface area contributed by atoms with Crippen LogP contribution in [-0.4, -0.2) is 24.6 Å². The highest BCUT2D eigenvalue weighted by Gasteiger charge is 2.11.